The Kier molecular flexibility index (Phi) is 3.17. The molecule has 0 saturated carbocycles. The van der Waals surface area contributed by atoms with Crippen LogP contribution in [-0.2, 0) is 9.53 Å². The molecule has 0 amide bonds. The molecule has 0 aromatic rings. The molecule has 0 aliphatic carbocycles. The molecule has 1 aliphatic rings. The Morgan fingerprint density at radius 3 is 2.69 bits per heavy atom. The molecule has 13 heavy (non-hydrogen) atoms. The lowest BCUT2D eigenvalue weighted by molar-refractivity contribution is -0.154. The molecule has 4 nitrogen and oxygen atoms in total. The zero-order valence-electron chi connectivity index (χ0n) is 8.36. The van der Waals surface area contributed by atoms with Gasteiger partial charge in [0.25, 0.3) is 0 Å². The molecular weight excluding hydrogens is 168 g/mol. The van der Waals surface area contributed by atoms with Crippen molar-refractivity contribution < 1.29 is 9.53 Å². The van der Waals surface area contributed by atoms with Crippen LogP contribution >= 0.6 is 0 Å². The molecule has 1 rings (SSSR count). The predicted molar refractivity (Wildman–Crippen MR) is 49.5 cm³/mol. The van der Waals surface area contributed by atoms with Gasteiger partial charge in [-0.25, -0.2) is 0 Å². The van der Waals surface area contributed by atoms with Gasteiger partial charge in [-0.2, -0.15) is 0 Å². The van der Waals surface area contributed by atoms with E-state index in [0.29, 0.717) is 0 Å². The Balaban J connectivity index is 2.47. The second-order valence-electron chi connectivity index (χ2n) is 3.18. The number of nitrogens with zero attached hydrogens (tertiary/aromatic N) is 2. The zero-order chi connectivity index (χ0) is 9.84. The fraction of sp³-hybridized carbons (Fsp3) is 0.667. The van der Waals surface area contributed by atoms with Gasteiger partial charge in [0, 0.05) is 32.8 Å². The molecular formula is C9H16N2O2. The highest BCUT2D eigenvalue weighted by molar-refractivity contribution is 5.66. The van der Waals surface area contributed by atoms with Crippen LogP contribution in [0.5, 0.6) is 0 Å². The van der Waals surface area contributed by atoms with E-state index in [0.717, 1.165) is 13.1 Å². The van der Waals surface area contributed by atoms with E-state index in [9.17, 15) is 4.79 Å². The topological polar surface area (TPSA) is 32.8 Å². The van der Waals surface area contributed by atoms with Crippen molar-refractivity contribution in [2.75, 3.05) is 13.7 Å². The van der Waals surface area contributed by atoms with Crippen LogP contribution < -0.4 is 0 Å². The lowest BCUT2D eigenvalue weighted by atomic mass is 10.4. The molecule has 1 unspecified atom stereocenters. The van der Waals surface area contributed by atoms with Crippen molar-refractivity contribution in [2.45, 2.75) is 26.5 Å². The van der Waals surface area contributed by atoms with Gasteiger partial charge >= 0.3 is 5.97 Å². The van der Waals surface area contributed by atoms with Gasteiger partial charge in [-0.1, -0.05) is 6.92 Å². The van der Waals surface area contributed by atoms with Gasteiger partial charge in [0.1, 0.15) is 0 Å². The molecule has 1 heterocycles. The molecule has 0 N–H and O–H groups in total. The Bertz CT molecular complexity index is 216. The van der Waals surface area contributed by atoms with E-state index >= 15 is 0 Å². The number of carbonyl (C=O) groups is 1. The van der Waals surface area contributed by atoms with Crippen LogP contribution in [0.4, 0.5) is 0 Å². The minimum Gasteiger partial charge on any atom is -0.442 e. The molecule has 0 spiro atoms. The van der Waals surface area contributed by atoms with Gasteiger partial charge < -0.3 is 14.5 Å². The smallest absolute Gasteiger partial charge is 0.304 e. The third-order valence-electron chi connectivity index (χ3n) is 1.92. The van der Waals surface area contributed by atoms with Gasteiger partial charge in [-0.05, 0) is 0 Å². The highest BCUT2D eigenvalue weighted by Crippen LogP contribution is 2.12. The fourth-order valence-electron chi connectivity index (χ4n) is 1.32. The first-order valence-corrected chi connectivity index (χ1v) is 4.45. The van der Waals surface area contributed by atoms with Crippen LogP contribution in [-0.4, -0.2) is 35.7 Å². The molecule has 0 saturated heterocycles. The van der Waals surface area contributed by atoms with E-state index < -0.39 is 0 Å². The van der Waals surface area contributed by atoms with Gasteiger partial charge in [0.05, 0.1) is 6.67 Å². The maximum Gasteiger partial charge on any atom is 0.304 e. The third-order valence-corrected chi connectivity index (χ3v) is 1.92. The molecule has 0 radical (unpaired) electrons. The zero-order valence-corrected chi connectivity index (χ0v) is 8.36. The van der Waals surface area contributed by atoms with Crippen molar-refractivity contribution in [1.82, 2.24) is 9.80 Å². The van der Waals surface area contributed by atoms with E-state index in [1.54, 1.807) is 0 Å². The van der Waals surface area contributed by atoms with Crippen molar-refractivity contribution in [1.29, 1.82) is 0 Å². The molecule has 0 aromatic carbocycles. The molecule has 74 valence electrons. The summed E-state index contributed by atoms with van der Waals surface area (Å²) >= 11 is 0. The summed E-state index contributed by atoms with van der Waals surface area (Å²) < 4.78 is 5.14. The Morgan fingerprint density at radius 1 is 1.62 bits per heavy atom. The number of carbonyl (C=O) groups excluding carboxylic acids is 1. The van der Waals surface area contributed by atoms with Crippen LogP contribution in [0, 0.1) is 0 Å². The Hall–Kier alpha value is -1.19. The largest absolute Gasteiger partial charge is 0.442 e. The van der Waals surface area contributed by atoms with Crippen molar-refractivity contribution in [3.63, 3.8) is 0 Å². The number of ether oxygens (including phenoxy) is 1. The maximum absolute atomic E-state index is 10.8. The summed E-state index contributed by atoms with van der Waals surface area (Å²) in [5.74, 6) is -0.227. The normalized spacial score (nSPS) is 17.8. The number of esters is 1. The number of hydrogen-bond donors (Lipinski definition) is 0. The average molecular weight is 184 g/mol. The summed E-state index contributed by atoms with van der Waals surface area (Å²) in [7, 11) is 1.98. The first-order valence-electron chi connectivity index (χ1n) is 4.45. The second kappa shape index (κ2) is 4.16. The summed E-state index contributed by atoms with van der Waals surface area (Å²) in [5, 5.41) is 0. The average Bonchev–Trinajstić information content (AvgIpc) is 2.47. The maximum atomic E-state index is 10.8. The second-order valence-corrected chi connectivity index (χ2v) is 3.18. The van der Waals surface area contributed by atoms with Crippen molar-refractivity contribution in [3.8, 4) is 0 Å². The van der Waals surface area contributed by atoms with Gasteiger partial charge in [-0.3, -0.25) is 4.79 Å². The first-order chi connectivity index (χ1) is 6.13. The Labute approximate surface area is 78.8 Å². The van der Waals surface area contributed by atoms with E-state index in [4.69, 9.17) is 4.74 Å². The summed E-state index contributed by atoms with van der Waals surface area (Å²) in [6.07, 6.45) is 4.58. The van der Waals surface area contributed by atoms with Gasteiger partial charge in [-0.15, -0.1) is 0 Å². The van der Waals surface area contributed by atoms with Crippen LogP contribution in [0.25, 0.3) is 0 Å². The van der Waals surface area contributed by atoms with E-state index in [-0.39, 0.29) is 12.2 Å². The highest BCUT2D eigenvalue weighted by atomic mass is 16.6. The van der Waals surface area contributed by atoms with Crippen LogP contribution in [0.2, 0.25) is 0 Å². The SMILES string of the molecule is CCC(OC(C)=O)N1C=CN(C)C1. The first kappa shape index (κ1) is 9.89. The monoisotopic (exact) mass is 184 g/mol. The van der Waals surface area contributed by atoms with Crippen molar-refractivity contribution >= 4 is 5.97 Å². The van der Waals surface area contributed by atoms with Crippen molar-refractivity contribution in [2.24, 2.45) is 0 Å². The lowest BCUT2D eigenvalue weighted by Crippen LogP contribution is -2.35. The lowest BCUT2D eigenvalue weighted by Gasteiger charge is -2.26. The van der Waals surface area contributed by atoms with E-state index in [2.05, 4.69) is 0 Å². The quantitative estimate of drug-likeness (QED) is 0.612. The fourth-order valence-corrected chi connectivity index (χ4v) is 1.32. The van der Waals surface area contributed by atoms with E-state index in [1.165, 1.54) is 6.92 Å². The standard InChI is InChI=1S/C9H16N2O2/c1-4-9(13-8(2)12)11-6-5-10(3)7-11/h5-6,9H,4,7H2,1-3H3. The third kappa shape index (κ3) is 2.65. The summed E-state index contributed by atoms with van der Waals surface area (Å²) in [6, 6.07) is 0. The molecule has 1 atom stereocenters. The molecule has 0 aromatic heterocycles. The molecule has 4 heteroatoms. The van der Waals surface area contributed by atoms with E-state index in [1.807, 2.05) is 36.2 Å². The summed E-state index contributed by atoms with van der Waals surface area (Å²) in [5.41, 5.74) is 0. The highest BCUT2D eigenvalue weighted by Gasteiger charge is 2.19. The predicted octanol–water partition coefficient (Wildman–Crippen LogP) is 0.962. The number of hydrogen-bond acceptors (Lipinski definition) is 4. The van der Waals surface area contributed by atoms with Gasteiger partial charge in [0.2, 0.25) is 0 Å². The minimum absolute atomic E-state index is 0.126. The minimum atomic E-state index is -0.227. The van der Waals surface area contributed by atoms with Crippen LogP contribution in [0.15, 0.2) is 12.4 Å². The molecule has 0 bridgehead atoms. The number of rotatable bonds is 3. The Morgan fingerprint density at radius 2 is 2.31 bits per heavy atom. The molecule has 1 aliphatic heterocycles. The van der Waals surface area contributed by atoms with Crippen LogP contribution in [0.1, 0.15) is 20.3 Å². The van der Waals surface area contributed by atoms with Crippen LogP contribution in [0.3, 0.4) is 0 Å². The van der Waals surface area contributed by atoms with Gasteiger partial charge in [0.15, 0.2) is 6.23 Å². The summed E-state index contributed by atoms with van der Waals surface area (Å²) in [6.45, 7) is 4.22. The molecule has 0 fully saturated rings. The summed E-state index contributed by atoms with van der Waals surface area (Å²) in [4.78, 5) is 14.8. The van der Waals surface area contributed by atoms with Crippen molar-refractivity contribution in [3.05, 3.63) is 12.4 Å².